The molecule has 1 aromatic heterocycles. The number of para-hydroxylation sites is 1. The van der Waals surface area contributed by atoms with Crippen LogP contribution in [0.1, 0.15) is 24.1 Å². The summed E-state index contributed by atoms with van der Waals surface area (Å²) < 4.78 is 0. The van der Waals surface area contributed by atoms with Gasteiger partial charge in [-0.15, -0.1) is 0 Å². The van der Waals surface area contributed by atoms with Gasteiger partial charge >= 0.3 is 0 Å². The summed E-state index contributed by atoms with van der Waals surface area (Å²) in [6.07, 6.45) is 10.2. The number of hydrogen-bond acceptors (Lipinski definition) is 1. The van der Waals surface area contributed by atoms with E-state index in [9.17, 15) is 5.11 Å². The summed E-state index contributed by atoms with van der Waals surface area (Å²) in [5.74, 6) is 0. The number of aliphatic hydroxyl groups is 1. The molecule has 0 fully saturated rings. The van der Waals surface area contributed by atoms with Crippen molar-refractivity contribution in [1.82, 2.24) is 4.98 Å². The van der Waals surface area contributed by atoms with Crippen LogP contribution in [-0.4, -0.2) is 35.8 Å². The standard InChI is InChI=1S/C20H22N2O/c23-13-20-10-3-5-14-6-4-11-22(19(14)20)12-9-16-15-7-1-2-8-17(15)21-18(16)20/h1-2,4-8,19,21,23H,3,9-13H2/p+1/t19-,20-/m1/s1. The van der Waals surface area contributed by atoms with Gasteiger partial charge in [0.05, 0.1) is 25.1 Å². The highest BCUT2D eigenvalue weighted by Crippen LogP contribution is 2.43. The lowest BCUT2D eigenvalue weighted by atomic mass is 9.66. The molecule has 0 bridgehead atoms. The van der Waals surface area contributed by atoms with E-state index in [1.807, 2.05) is 0 Å². The number of H-pyrrole nitrogens is 1. The lowest BCUT2D eigenvalue weighted by Gasteiger charge is -2.45. The lowest BCUT2D eigenvalue weighted by molar-refractivity contribution is -0.920. The van der Waals surface area contributed by atoms with E-state index in [0.29, 0.717) is 6.04 Å². The predicted molar refractivity (Wildman–Crippen MR) is 91.7 cm³/mol. The molecule has 1 aromatic carbocycles. The molecule has 0 saturated carbocycles. The number of aliphatic hydroxyl groups excluding tert-OH is 1. The minimum absolute atomic E-state index is 0.158. The SMILES string of the molecule is OC[C@]12CCC=C3C=CC[NH+](CCc4c1[nH]c1ccccc41)[C@H]32. The molecule has 3 heterocycles. The summed E-state index contributed by atoms with van der Waals surface area (Å²) in [6, 6.07) is 9.01. The zero-order valence-electron chi connectivity index (χ0n) is 13.3. The molecule has 3 atom stereocenters. The van der Waals surface area contributed by atoms with Crippen molar-refractivity contribution in [2.75, 3.05) is 19.7 Å². The fraction of sp³-hybridized carbons (Fsp3) is 0.400. The Morgan fingerprint density at radius 1 is 1.30 bits per heavy atom. The molecule has 0 radical (unpaired) electrons. The van der Waals surface area contributed by atoms with Gasteiger partial charge in [0.2, 0.25) is 0 Å². The van der Waals surface area contributed by atoms with E-state index in [0.717, 1.165) is 32.4 Å². The van der Waals surface area contributed by atoms with Crippen LogP contribution in [0.25, 0.3) is 10.9 Å². The van der Waals surface area contributed by atoms with Crippen molar-refractivity contribution in [3.63, 3.8) is 0 Å². The number of rotatable bonds is 1. The number of quaternary nitrogens is 1. The van der Waals surface area contributed by atoms with Crippen LogP contribution < -0.4 is 4.90 Å². The van der Waals surface area contributed by atoms with E-state index in [-0.39, 0.29) is 12.0 Å². The quantitative estimate of drug-likeness (QED) is 0.734. The number of hydrogen-bond donors (Lipinski definition) is 3. The van der Waals surface area contributed by atoms with Crippen molar-refractivity contribution in [3.05, 3.63) is 59.3 Å². The molecule has 0 saturated heterocycles. The van der Waals surface area contributed by atoms with E-state index < -0.39 is 0 Å². The average molecular weight is 307 g/mol. The minimum Gasteiger partial charge on any atom is -0.395 e. The molecule has 5 rings (SSSR count). The third-order valence-corrected chi connectivity index (χ3v) is 6.24. The second kappa shape index (κ2) is 4.83. The Balaban J connectivity index is 1.80. The Morgan fingerprint density at radius 2 is 2.22 bits per heavy atom. The van der Waals surface area contributed by atoms with E-state index in [1.54, 1.807) is 4.90 Å². The van der Waals surface area contributed by atoms with Gasteiger partial charge in [-0.2, -0.15) is 0 Å². The molecule has 23 heavy (non-hydrogen) atoms. The molecule has 2 aromatic rings. The van der Waals surface area contributed by atoms with E-state index >= 15 is 0 Å². The van der Waals surface area contributed by atoms with Gasteiger partial charge in [0.15, 0.2) is 0 Å². The van der Waals surface area contributed by atoms with Crippen molar-refractivity contribution in [2.45, 2.75) is 30.7 Å². The topological polar surface area (TPSA) is 40.5 Å². The summed E-state index contributed by atoms with van der Waals surface area (Å²) in [4.78, 5) is 5.32. The normalized spacial score (nSPS) is 32.1. The molecule has 3 heteroatoms. The van der Waals surface area contributed by atoms with E-state index in [4.69, 9.17) is 0 Å². The van der Waals surface area contributed by atoms with E-state index in [1.165, 1.54) is 27.7 Å². The minimum atomic E-state index is -0.158. The molecule has 1 aliphatic carbocycles. The maximum atomic E-state index is 10.5. The van der Waals surface area contributed by atoms with Crippen LogP contribution >= 0.6 is 0 Å². The molecule has 3 N–H and O–H groups in total. The summed E-state index contributed by atoms with van der Waals surface area (Å²) in [5.41, 5.74) is 5.24. The van der Waals surface area contributed by atoms with Gasteiger partial charge in [0.25, 0.3) is 0 Å². The molecule has 2 aliphatic heterocycles. The first-order chi connectivity index (χ1) is 11.3. The highest BCUT2D eigenvalue weighted by atomic mass is 16.3. The first-order valence-corrected chi connectivity index (χ1v) is 8.75. The summed E-state index contributed by atoms with van der Waals surface area (Å²) in [6.45, 7) is 2.45. The molecule has 118 valence electrons. The number of aromatic amines is 1. The largest absolute Gasteiger partial charge is 0.395 e. The second-order valence-electron chi connectivity index (χ2n) is 7.28. The molecular weight excluding hydrogens is 284 g/mol. The van der Waals surface area contributed by atoms with Gasteiger partial charge < -0.3 is 15.0 Å². The molecule has 3 aliphatic rings. The van der Waals surface area contributed by atoms with Crippen LogP contribution in [0.4, 0.5) is 0 Å². The highest BCUT2D eigenvalue weighted by Gasteiger charge is 2.53. The van der Waals surface area contributed by atoms with Crippen molar-refractivity contribution in [3.8, 4) is 0 Å². The van der Waals surface area contributed by atoms with Crippen LogP contribution in [0.3, 0.4) is 0 Å². The number of allylic oxidation sites excluding steroid dienone is 1. The van der Waals surface area contributed by atoms with Crippen molar-refractivity contribution >= 4 is 10.9 Å². The molecule has 0 spiro atoms. The van der Waals surface area contributed by atoms with Gasteiger partial charge in [-0.1, -0.05) is 30.4 Å². The Bertz CT molecular complexity index is 831. The van der Waals surface area contributed by atoms with Gasteiger partial charge in [-0.3, -0.25) is 0 Å². The highest BCUT2D eigenvalue weighted by molar-refractivity contribution is 5.85. The van der Waals surface area contributed by atoms with E-state index in [2.05, 4.69) is 47.5 Å². The average Bonchev–Trinajstić information content (AvgIpc) is 2.92. The Labute approximate surface area is 136 Å². The predicted octanol–water partition coefficient (Wildman–Crippen LogP) is 1.50. The van der Waals surface area contributed by atoms with Crippen molar-refractivity contribution < 1.29 is 10.0 Å². The summed E-state index contributed by atoms with van der Waals surface area (Å²) in [7, 11) is 0. The van der Waals surface area contributed by atoms with Crippen molar-refractivity contribution in [1.29, 1.82) is 0 Å². The first-order valence-electron chi connectivity index (χ1n) is 8.75. The fourth-order valence-electron chi connectivity index (χ4n) is 5.27. The zero-order chi connectivity index (χ0) is 15.4. The van der Waals surface area contributed by atoms with Crippen LogP contribution in [-0.2, 0) is 11.8 Å². The van der Waals surface area contributed by atoms with Crippen LogP contribution in [0, 0.1) is 0 Å². The number of nitrogens with one attached hydrogen (secondary N) is 2. The molecular formula is C20H23N2O+. The smallest absolute Gasteiger partial charge is 0.127 e. The maximum Gasteiger partial charge on any atom is 0.127 e. The van der Waals surface area contributed by atoms with Crippen molar-refractivity contribution in [2.24, 2.45) is 0 Å². The van der Waals surface area contributed by atoms with Crippen LogP contribution in [0.2, 0.25) is 0 Å². The summed E-state index contributed by atoms with van der Waals surface area (Å²) in [5, 5.41) is 11.9. The number of aromatic nitrogens is 1. The van der Waals surface area contributed by atoms with Gasteiger partial charge in [0.1, 0.15) is 6.04 Å². The lowest BCUT2D eigenvalue weighted by Crippen LogP contribution is -3.18. The summed E-state index contributed by atoms with van der Waals surface area (Å²) >= 11 is 0. The first kappa shape index (κ1) is 13.6. The third kappa shape index (κ3) is 1.72. The Morgan fingerprint density at radius 3 is 3.13 bits per heavy atom. The maximum absolute atomic E-state index is 10.5. The number of fused-ring (bicyclic) bond motifs is 4. The second-order valence-corrected chi connectivity index (χ2v) is 7.28. The van der Waals surface area contributed by atoms with Gasteiger partial charge in [-0.25, -0.2) is 0 Å². The Kier molecular flexibility index (Phi) is 2.85. The number of benzene rings is 1. The fourth-order valence-corrected chi connectivity index (χ4v) is 5.27. The monoisotopic (exact) mass is 307 g/mol. The van der Waals surface area contributed by atoms with Gasteiger partial charge in [0, 0.05) is 28.6 Å². The van der Waals surface area contributed by atoms with Gasteiger partial charge in [-0.05, 0) is 30.5 Å². The third-order valence-electron chi connectivity index (χ3n) is 6.24. The van der Waals surface area contributed by atoms with Crippen LogP contribution in [0.15, 0.2) is 48.1 Å². The Hall–Kier alpha value is -1.84. The molecule has 3 nitrogen and oxygen atoms in total. The van der Waals surface area contributed by atoms with Crippen LogP contribution in [0.5, 0.6) is 0 Å². The molecule has 1 unspecified atom stereocenters. The molecule has 0 amide bonds. The zero-order valence-corrected chi connectivity index (χ0v) is 13.3.